The standard InChI is InChI=1S/C10H14ClN/c1-2-7-12-8-9-3-5-10(11)6-4-9/h3-6,12H,2,7-8H2,1H3. The van der Waals surface area contributed by atoms with Crippen LogP contribution in [0.4, 0.5) is 0 Å². The van der Waals surface area contributed by atoms with Crippen LogP contribution in [0.2, 0.25) is 5.02 Å². The van der Waals surface area contributed by atoms with Gasteiger partial charge in [0.25, 0.3) is 0 Å². The van der Waals surface area contributed by atoms with E-state index in [1.807, 2.05) is 24.3 Å². The zero-order chi connectivity index (χ0) is 8.81. The van der Waals surface area contributed by atoms with Crippen LogP contribution in [0.3, 0.4) is 0 Å². The van der Waals surface area contributed by atoms with E-state index in [0.29, 0.717) is 0 Å². The Balaban J connectivity index is 2.37. The lowest BCUT2D eigenvalue weighted by Crippen LogP contribution is -2.13. The van der Waals surface area contributed by atoms with Gasteiger partial charge in [0.2, 0.25) is 0 Å². The molecule has 0 saturated carbocycles. The molecule has 2 heteroatoms. The Morgan fingerprint density at radius 2 is 1.92 bits per heavy atom. The minimum Gasteiger partial charge on any atom is -0.313 e. The number of hydrogen-bond acceptors (Lipinski definition) is 1. The molecule has 0 radical (unpaired) electrons. The Morgan fingerprint density at radius 3 is 2.50 bits per heavy atom. The van der Waals surface area contributed by atoms with Gasteiger partial charge in [-0.2, -0.15) is 0 Å². The van der Waals surface area contributed by atoms with Crippen LogP contribution in [0.1, 0.15) is 18.9 Å². The normalized spacial score (nSPS) is 10.2. The molecule has 1 aromatic carbocycles. The summed E-state index contributed by atoms with van der Waals surface area (Å²) in [5, 5.41) is 4.13. The smallest absolute Gasteiger partial charge is 0.0406 e. The highest BCUT2D eigenvalue weighted by Gasteiger charge is 1.90. The van der Waals surface area contributed by atoms with Crippen molar-refractivity contribution in [2.75, 3.05) is 6.54 Å². The first kappa shape index (κ1) is 9.56. The summed E-state index contributed by atoms with van der Waals surface area (Å²) in [4.78, 5) is 0. The minimum atomic E-state index is 0.800. The fourth-order valence-corrected chi connectivity index (χ4v) is 1.14. The maximum atomic E-state index is 5.75. The van der Waals surface area contributed by atoms with Crippen LogP contribution < -0.4 is 5.32 Å². The van der Waals surface area contributed by atoms with Crippen LogP contribution in [0, 0.1) is 0 Å². The number of hydrogen-bond donors (Lipinski definition) is 1. The van der Waals surface area contributed by atoms with Crippen molar-refractivity contribution in [2.45, 2.75) is 19.9 Å². The summed E-state index contributed by atoms with van der Waals surface area (Å²) >= 11 is 5.75. The highest BCUT2D eigenvalue weighted by Crippen LogP contribution is 2.08. The Bertz CT molecular complexity index is 218. The van der Waals surface area contributed by atoms with Gasteiger partial charge in [-0.1, -0.05) is 30.7 Å². The first-order chi connectivity index (χ1) is 5.83. The summed E-state index contributed by atoms with van der Waals surface area (Å²) in [5.41, 5.74) is 1.29. The van der Waals surface area contributed by atoms with Gasteiger partial charge in [-0.25, -0.2) is 0 Å². The molecular weight excluding hydrogens is 170 g/mol. The molecule has 0 aliphatic carbocycles. The second-order valence-corrected chi connectivity index (χ2v) is 3.24. The summed E-state index contributed by atoms with van der Waals surface area (Å²) in [7, 11) is 0. The van der Waals surface area contributed by atoms with Crippen molar-refractivity contribution in [3.8, 4) is 0 Å². The first-order valence-corrected chi connectivity index (χ1v) is 4.66. The van der Waals surface area contributed by atoms with Crippen molar-refractivity contribution < 1.29 is 0 Å². The molecule has 12 heavy (non-hydrogen) atoms. The fraction of sp³-hybridized carbons (Fsp3) is 0.400. The Labute approximate surface area is 78.7 Å². The van der Waals surface area contributed by atoms with E-state index in [4.69, 9.17) is 11.6 Å². The van der Waals surface area contributed by atoms with Crippen molar-refractivity contribution >= 4 is 11.6 Å². The van der Waals surface area contributed by atoms with E-state index >= 15 is 0 Å². The van der Waals surface area contributed by atoms with E-state index in [2.05, 4.69) is 12.2 Å². The fourth-order valence-electron chi connectivity index (χ4n) is 1.01. The third-order valence-electron chi connectivity index (χ3n) is 1.67. The molecule has 1 aromatic rings. The molecule has 0 aliphatic heterocycles. The summed E-state index contributed by atoms with van der Waals surface area (Å²) in [6, 6.07) is 7.94. The third kappa shape index (κ3) is 3.24. The lowest BCUT2D eigenvalue weighted by Gasteiger charge is -2.02. The van der Waals surface area contributed by atoms with Gasteiger partial charge in [0, 0.05) is 11.6 Å². The predicted octanol–water partition coefficient (Wildman–Crippen LogP) is 2.84. The lowest BCUT2D eigenvalue weighted by atomic mass is 10.2. The van der Waals surface area contributed by atoms with Gasteiger partial charge in [-0.05, 0) is 30.7 Å². The van der Waals surface area contributed by atoms with Crippen LogP contribution in [-0.4, -0.2) is 6.54 Å². The SMILES string of the molecule is CCCNCc1ccc(Cl)cc1. The van der Waals surface area contributed by atoms with Gasteiger partial charge in [0.05, 0.1) is 0 Å². The van der Waals surface area contributed by atoms with Crippen molar-refractivity contribution in [1.82, 2.24) is 5.32 Å². The summed E-state index contributed by atoms with van der Waals surface area (Å²) in [6.45, 7) is 4.17. The lowest BCUT2D eigenvalue weighted by molar-refractivity contribution is 0.675. The van der Waals surface area contributed by atoms with Gasteiger partial charge in [0.15, 0.2) is 0 Å². The molecule has 0 amide bonds. The van der Waals surface area contributed by atoms with Crippen LogP contribution in [0.25, 0.3) is 0 Å². The van der Waals surface area contributed by atoms with Gasteiger partial charge in [0.1, 0.15) is 0 Å². The zero-order valence-corrected chi connectivity index (χ0v) is 8.06. The van der Waals surface area contributed by atoms with Crippen molar-refractivity contribution in [1.29, 1.82) is 0 Å². The number of nitrogens with one attached hydrogen (secondary N) is 1. The Kier molecular flexibility index (Phi) is 4.12. The van der Waals surface area contributed by atoms with Crippen LogP contribution in [0.15, 0.2) is 24.3 Å². The van der Waals surface area contributed by atoms with Gasteiger partial charge < -0.3 is 5.32 Å². The molecule has 0 saturated heterocycles. The molecule has 0 aliphatic rings. The van der Waals surface area contributed by atoms with Crippen molar-refractivity contribution in [2.24, 2.45) is 0 Å². The molecule has 1 rings (SSSR count). The number of rotatable bonds is 4. The van der Waals surface area contributed by atoms with Crippen molar-refractivity contribution in [3.05, 3.63) is 34.9 Å². The number of halogens is 1. The van der Waals surface area contributed by atoms with E-state index < -0.39 is 0 Å². The molecule has 1 nitrogen and oxygen atoms in total. The van der Waals surface area contributed by atoms with Crippen molar-refractivity contribution in [3.63, 3.8) is 0 Å². The first-order valence-electron chi connectivity index (χ1n) is 4.28. The third-order valence-corrected chi connectivity index (χ3v) is 1.92. The Morgan fingerprint density at radius 1 is 1.25 bits per heavy atom. The van der Waals surface area contributed by atoms with E-state index in [0.717, 1.165) is 18.1 Å². The predicted molar refractivity (Wildman–Crippen MR) is 53.4 cm³/mol. The van der Waals surface area contributed by atoms with E-state index in [1.165, 1.54) is 12.0 Å². The van der Waals surface area contributed by atoms with Crippen LogP contribution >= 0.6 is 11.6 Å². The molecule has 0 aromatic heterocycles. The molecule has 0 fully saturated rings. The molecular formula is C10H14ClN. The second kappa shape index (κ2) is 5.18. The molecule has 0 bridgehead atoms. The highest BCUT2D eigenvalue weighted by molar-refractivity contribution is 6.30. The van der Waals surface area contributed by atoms with Gasteiger partial charge in [-0.15, -0.1) is 0 Å². The van der Waals surface area contributed by atoms with Gasteiger partial charge >= 0.3 is 0 Å². The average molecular weight is 184 g/mol. The molecule has 0 spiro atoms. The maximum absolute atomic E-state index is 5.75. The molecule has 66 valence electrons. The Hall–Kier alpha value is -0.530. The monoisotopic (exact) mass is 183 g/mol. The highest BCUT2D eigenvalue weighted by atomic mass is 35.5. The number of benzene rings is 1. The summed E-state index contributed by atoms with van der Waals surface area (Å²) in [5.74, 6) is 0. The maximum Gasteiger partial charge on any atom is 0.0406 e. The molecule has 0 atom stereocenters. The molecule has 1 N–H and O–H groups in total. The van der Waals surface area contributed by atoms with E-state index in [-0.39, 0.29) is 0 Å². The minimum absolute atomic E-state index is 0.800. The van der Waals surface area contributed by atoms with Crippen LogP contribution in [-0.2, 0) is 6.54 Å². The molecule has 0 unspecified atom stereocenters. The summed E-state index contributed by atoms with van der Waals surface area (Å²) in [6.07, 6.45) is 1.17. The summed E-state index contributed by atoms with van der Waals surface area (Å²) < 4.78 is 0. The van der Waals surface area contributed by atoms with E-state index in [1.54, 1.807) is 0 Å². The quantitative estimate of drug-likeness (QED) is 0.708. The molecule has 0 heterocycles. The zero-order valence-electron chi connectivity index (χ0n) is 7.31. The van der Waals surface area contributed by atoms with Crippen LogP contribution in [0.5, 0.6) is 0 Å². The van der Waals surface area contributed by atoms with Gasteiger partial charge in [-0.3, -0.25) is 0 Å². The topological polar surface area (TPSA) is 12.0 Å². The van der Waals surface area contributed by atoms with E-state index in [9.17, 15) is 0 Å². The average Bonchev–Trinajstić information content (AvgIpc) is 2.09. The largest absolute Gasteiger partial charge is 0.313 e. The second-order valence-electron chi connectivity index (χ2n) is 2.80.